The number of ether oxygens (including phenoxy) is 2. The molecule has 6 heteroatoms. The van der Waals surface area contributed by atoms with Gasteiger partial charge in [0.25, 0.3) is 0 Å². The molecule has 0 aromatic rings. The normalized spacial score (nSPS) is 14.4. The van der Waals surface area contributed by atoms with Gasteiger partial charge in [-0.1, -0.05) is 20.8 Å². The average Bonchev–Trinajstić information content (AvgIpc) is 2.35. The molecule has 5 nitrogen and oxygen atoms in total. The first-order valence-corrected chi connectivity index (χ1v) is 7.26. The molecule has 0 radical (unpaired) electrons. The zero-order valence-corrected chi connectivity index (χ0v) is 17.2. The van der Waals surface area contributed by atoms with Crippen molar-refractivity contribution in [1.29, 1.82) is 0 Å². The lowest BCUT2D eigenvalue weighted by molar-refractivity contribution is 0.0202. The van der Waals surface area contributed by atoms with Gasteiger partial charge in [-0.15, -0.1) is 24.0 Å². The van der Waals surface area contributed by atoms with Crippen molar-refractivity contribution in [3.63, 3.8) is 0 Å². The van der Waals surface area contributed by atoms with Gasteiger partial charge in [-0.2, -0.15) is 0 Å². The number of guanidine groups is 1. The van der Waals surface area contributed by atoms with E-state index in [1.165, 1.54) is 0 Å². The van der Waals surface area contributed by atoms with Gasteiger partial charge in [0.2, 0.25) is 0 Å². The van der Waals surface area contributed by atoms with Crippen LogP contribution >= 0.6 is 24.0 Å². The average molecular weight is 415 g/mol. The quantitative estimate of drug-likeness (QED) is 0.382. The molecule has 128 valence electrons. The van der Waals surface area contributed by atoms with Crippen LogP contribution in [0, 0.1) is 5.41 Å². The molecular weight excluding hydrogens is 381 g/mol. The van der Waals surface area contributed by atoms with Gasteiger partial charge < -0.3 is 20.1 Å². The highest BCUT2D eigenvalue weighted by Gasteiger charge is 2.24. The summed E-state index contributed by atoms with van der Waals surface area (Å²) in [5.74, 6) is 0.795. The molecule has 0 spiro atoms. The lowest BCUT2D eigenvalue weighted by Gasteiger charge is -2.30. The van der Waals surface area contributed by atoms with Crippen LogP contribution in [0.1, 0.15) is 41.5 Å². The highest BCUT2D eigenvalue weighted by Crippen LogP contribution is 2.20. The molecule has 0 heterocycles. The topological polar surface area (TPSA) is 54.9 Å². The van der Waals surface area contributed by atoms with E-state index in [1.807, 2.05) is 13.8 Å². The summed E-state index contributed by atoms with van der Waals surface area (Å²) in [4.78, 5) is 4.56. The maximum Gasteiger partial charge on any atom is 0.191 e. The van der Waals surface area contributed by atoms with Crippen molar-refractivity contribution in [3.8, 4) is 0 Å². The number of rotatable bonds is 7. The molecule has 0 saturated heterocycles. The van der Waals surface area contributed by atoms with E-state index in [4.69, 9.17) is 9.47 Å². The van der Waals surface area contributed by atoms with E-state index in [0.29, 0.717) is 6.54 Å². The molecule has 0 aromatic carbocycles. The van der Waals surface area contributed by atoms with Crippen molar-refractivity contribution in [3.05, 3.63) is 0 Å². The molecule has 21 heavy (non-hydrogen) atoms. The number of hydrogen-bond donors (Lipinski definition) is 2. The minimum atomic E-state index is -0.257. The lowest BCUT2D eigenvalue weighted by Crippen LogP contribution is -2.46. The van der Waals surface area contributed by atoms with Crippen LogP contribution in [-0.4, -0.2) is 51.5 Å². The number of nitrogens with one attached hydrogen (secondary N) is 2. The van der Waals surface area contributed by atoms with Crippen molar-refractivity contribution >= 4 is 29.9 Å². The summed E-state index contributed by atoms with van der Waals surface area (Å²) in [6.07, 6.45) is 0.127. The molecule has 0 saturated carbocycles. The van der Waals surface area contributed by atoms with Gasteiger partial charge in [0.1, 0.15) is 0 Å². The fourth-order valence-corrected chi connectivity index (χ4v) is 1.61. The molecule has 0 rings (SSSR count). The Labute approximate surface area is 147 Å². The SMILES string of the molecule is CCNC(=NCC(C)(C)OC)NCC(OC)C(C)(C)C.I. The van der Waals surface area contributed by atoms with Crippen molar-refractivity contribution in [1.82, 2.24) is 10.6 Å². The van der Waals surface area contributed by atoms with Crippen LogP contribution in [0.4, 0.5) is 0 Å². The molecule has 0 aromatic heterocycles. The van der Waals surface area contributed by atoms with E-state index in [9.17, 15) is 0 Å². The standard InChI is InChI=1S/C15H33N3O2.HI/c1-9-16-13(18-11-15(5,6)20-8)17-10-12(19-7)14(2,3)4;/h12H,9-11H2,1-8H3,(H2,16,17,18);1H. The molecular formula is C15H34IN3O2. The Morgan fingerprint density at radius 3 is 2.05 bits per heavy atom. The Morgan fingerprint density at radius 1 is 1.10 bits per heavy atom. The molecule has 1 unspecified atom stereocenters. The van der Waals surface area contributed by atoms with E-state index in [2.05, 4.69) is 43.3 Å². The van der Waals surface area contributed by atoms with Gasteiger partial charge in [-0.3, -0.25) is 4.99 Å². The predicted octanol–water partition coefficient (Wildman–Crippen LogP) is 2.65. The summed E-state index contributed by atoms with van der Waals surface area (Å²) < 4.78 is 10.9. The van der Waals surface area contributed by atoms with Crippen molar-refractivity contribution < 1.29 is 9.47 Å². The number of methoxy groups -OCH3 is 2. The second-order valence-electron chi connectivity index (χ2n) is 6.63. The number of aliphatic imine (C=N–C) groups is 1. The summed E-state index contributed by atoms with van der Waals surface area (Å²) >= 11 is 0. The van der Waals surface area contributed by atoms with Gasteiger partial charge in [0.15, 0.2) is 5.96 Å². The molecule has 0 aliphatic carbocycles. The minimum Gasteiger partial charge on any atom is -0.379 e. The summed E-state index contributed by atoms with van der Waals surface area (Å²) in [5, 5.41) is 6.57. The largest absolute Gasteiger partial charge is 0.379 e. The Hall–Kier alpha value is -0.0800. The van der Waals surface area contributed by atoms with E-state index in [-0.39, 0.29) is 41.1 Å². The van der Waals surface area contributed by atoms with Crippen molar-refractivity contribution in [2.45, 2.75) is 53.2 Å². The summed E-state index contributed by atoms with van der Waals surface area (Å²) in [6, 6.07) is 0. The Kier molecular flexibility index (Phi) is 11.7. The van der Waals surface area contributed by atoms with Crippen LogP contribution in [0.5, 0.6) is 0 Å². The first-order valence-electron chi connectivity index (χ1n) is 7.26. The monoisotopic (exact) mass is 415 g/mol. The van der Waals surface area contributed by atoms with Crippen LogP contribution in [0.25, 0.3) is 0 Å². The Bertz CT molecular complexity index is 302. The van der Waals surface area contributed by atoms with Crippen LogP contribution < -0.4 is 10.6 Å². The van der Waals surface area contributed by atoms with Gasteiger partial charge in [0.05, 0.1) is 18.2 Å². The van der Waals surface area contributed by atoms with Crippen molar-refractivity contribution in [2.75, 3.05) is 33.9 Å². The molecule has 0 fully saturated rings. The van der Waals surface area contributed by atoms with Gasteiger partial charge in [-0.25, -0.2) is 0 Å². The smallest absolute Gasteiger partial charge is 0.191 e. The molecule has 0 amide bonds. The van der Waals surface area contributed by atoms with Crippen LogP contribution in [-0.2, 0) is 9.47 Å². The summed E-state index contributed by atoms with van der Waals surface area (Å²) in [6.45, 7) is 14.7. The van der Waals surface area contributed by atoms with E-state index in [0.717, 1.165) is 19.0 Å². The van der Waals surface area contributed by atoms with Gasteiger partial charge in [0, 0.05) is 27.3 Å². The minimum absolute atomic E-state index is 0. The highest BCUT2D eigenvalue weighted by molar-refractivity contribution is 14.0. The Balaban J connectivity index is 0. The molecule has 0 aliphatic rings. The molecule has 1 atom stereocenters. The summed E-state index contributed by atoms with van der Waals surface area (Å²) in [5.41, 5.74) is -0.169. The molecule has 2 N–H and O–H groups in total. The third kappa shape index (κ3) is 10.3. The van der Waals surface area contributed by atoms with Crippen LogP contribution in [0.15, 0.2) is 4.99 Å². The number of nitrogens with zero attached hydrogens (tertiary/aromatic N) is 1. The molecule has 0 bridgehead atoms. The maximum absolute atomic E-state index is 5.54. The summed E-state index contributed by atoms with van der Waals surface area (Å²) in [7, 11) is 3.45. The third-order valence-electron chi connectivity index (χ3n) is 3.22. The molecule has 0 aliphatic heterocycles. The van der Waals surface area contributed by atoms with E-state index >= 15 is 0 Å². The number of hydrogen-bond acceptors (Lipinski definition) is 3. The van der Waals surface area contributed by atoms with Crippen LogP contribution in [0.2, 0.25) is 0 Å². The Morgan fingerprint density at radius 2 is 1.67 bits per heavy atom. The zero-order valence-electron chi connectivity index (χ0n) is 14.9. The van der Waals surface area contributed by atoms with Crippen LogP contribution in [0.3, 0.4) is 0 Å². The first kappa shape index (κ1) is 23.2. The fraction of sp³-hybridized carbons (Fsp3) is 0.933. The second kappa shape index (κ2) is 10.6. The maximum atomic E-state index is 5.54. The zero-order chi connectivity index (χ0) is 15.8. The third-order valence-corrected chi connectivity index (χ3v) is 3.22. The van der Waals surface area contributed by atoms with Gasteiger partial charge >= 0.3 is 0 Å². The fourth-order valence-electron chi connectivity index (χ4n) is 1.61. The van der Waals surface area contributed by atoms with Gasteiger partial charge in [-0.05, 0) is 26.2 Å². The highest BCUT2D eigenvalue weighted by atomic mass is 127. The lowest BCUT2D eigenvalue weighted by atomic mass is 9.89. The first-order chi connectivity index (χ1) is 9.16. The van der Waals surface area contributed by atoms with E-state index < -0.39 is 0 Å². The second-order valence-corrected chi connectivity index (χ2v) is 6.63. The van der Waals surface area contributed by atoms with E-state index in [1.54, 1.807) is 14.2 Å². The van der Waals surface area contributed by atoms with Crippen molar-refractivity contribution in [2.24, 2.45) is 10.4 Å². The number of halogens is 1. The predicted molar refractivity (Wildman–Crippen MR) is 101 cm³/mol.